The molecule has 2 rings (SSSR count). The second kappa shape index (κ2) is 10.8. The fourth-order valence-electron chi connectivity index (χ4n) is 5.84. The van der Waals surface area contributed by atoms with Gasteiger partial charge in [-0.25, -0.2) is 0 Å². The fourth-order valence-corrected chi connectivity index (χ4v) is 5.84. The van der Waals surface area contributed by atoms with Crippen LogP contribution in [-0.4, -0.2) is 11.7 Å². The maximum absolute atomic E-state index is 9.00. The lowest BCUT2D eigenvalue weighted by Gasteiger charge is -2.47. The van der Waals surface area contributed by atoms with E-state index in [-0.39, 0.29) is 0 Å². The fraction of sp³-hybridized carbons (Fsp3) is 1.00. The van der Waals surface area contributed by atoms with Crippen LogP contribution in [0.2, 0.25) is 0 Å². The molecule has 0 saturated heterocycles. The molecule has 1 N–H and O–H groups in total. The molecule has 1 nitrogen and oxygen atoms in total. The van der Waals surface area contributed by atoms with Gasteiger partial charge >= 0.3 is 0 Å². The Hall–Kier alpha value is -0.0400. The van der Waals surface area contributed by atoms with Crippen molar-refractivity contribution in [3.05, 3.63) is 0 Å². The quantitative estimate of drug-likeness (QED) is 0.490. The average molecular weight is 337 g/mol. The molecule has 2 aliphatic carbocycles. The summed E-state index contributed by atoms with van der Waals surface area (Å²) in [6, 6.07) is 0. The van der Waals surface area contributed by atoms with Crippen LogP contribution in [0.5, 0.6) is 0 Å². The van der Waals surface area contributed by atoms with Crippen molar-refractivity contribution in [2.24, 2.45) is 23.2 Å². The molecular formula is C23H44O. The molecule has 0 aromatic carbocycles. The monoisotopic (exact) mass is 336 g/mol. The molecule has 4 atom stereocenters. The Morgan fingerprint density at radius 3 is 2.38 bits per heavy atom. The molecule has 0 heterocycles. The zero-order chi connectivity index (χ0) is 17.3. The van der Waals surface area contributed by atoms with Crippen LogP contribution in [0.1, 0.15) is 117 Å². The van der Waals surface area contributed by atoms with Gasteiger partial charge in [0.1, 0.15) is 0 Å². The average Bonchev–Trinajstić information content (AvgIpc) is 2.58. The Morgan fingerprint density at radius 2 is 1.62 bits per heavy atom. The van der Waals surface area contributed by atoms with E-state index in [4.69, 9.17) is 5.11 Å². The SMILES string of the molecule is CC(CCCCO)CCC12CCCCC1CCCCCCC(C)C2. The summed E-state index contributed by atoms with van der Waals surface area (Å²) >= 11 is 0. The second-order valence-corrected chi connectivity index (χ2v) is 9.47. The molecule has 0 radical (unpaired) electrons. The summed E-state index contributed by atoms with van der Waals surface area (Å²) in [4.78, 5) is 0. The van der Waals surface area contributed by atoms with Gasteiger partial charge in [-0.15, -0.1) is 0 Å². The van der Waals surface area contributed by atoms with E-state index in [0.717, 1.165) is 24.2 Å². The van der Waals surface area contributed by atoms with Crippen molar-refractivity contribution in [1.82, 2.24) is 0 Å². The van der Waals surface area contributed by atoms with Gasteiger partial charge in [0.15, 0.2) is 0 Å². The zero-order valence-corrected chi connectivity index (χ0v) is 16.7. The number of aliphatic hydroxyl groups is 1. The van der Waals surface area contributed by atoms with E-state index in [2.05, 4.69) is 13.8 Å². The van der Waals surface area contributed by atoms with Crippen molar-refractivity contribution in [2.75, 3.05) is 6.61 Å². The minimum absolute atomic E-state index is 0.371. The van der Waals surface area contributed by atoms with Gasteiger partial charge in [0.05, 0.1) is 0 Å². The van der Waals surface area contributed by atoms with Crippen LogP contribution in [0, 0.1) is 23.2 Å². The van der Waals surface area contributed by atoms with Gasteiger partial charge in [-0.1, -0.05) is 78.1 Å². The Kier molecular flexibility index (Phi) is 9.16. The van der Waals surface area contributed by atoms with E-state index in [1.807, 2.05) is 0 Å². The minimum atomic E-state index is 0.371. The molecule has 2 saturated carbocycles. The van der Waals surface area contributed by atoms with Gasteiger partial charge in [0, 0.05) is 6.61 Å². The molecule has 0 spiro atoms. The Balaban J connectivity index is 1.96. The van der Waals surface area contributed by atoms with Gasteiger partial charge in [-0.05, 0) is 61.7 Å². The van der Waals surface area contributed by atoms with Crippen molar-refractivity contribution in [2.45, 2.75) is 117 Å². The topological polar surface area (TPSA) is 20.2 Å². The summed E-state index contributed by atoms with van der Waals surface area (Å²) in [6.45, 7) is 5.37. The first kappa shape index (κ1) is 20.3. The Morgan fingerprint density at radius 1 is 0.917 bits per heavy atom. The van der Waals surface area contributed by atoms with Gasteiger partial charge in [-0.3, -0.25) is 0 Å². The van der Waals surface area contributed by atoms with Crippen LogP contribution in [0.4, 0.5) is 0 Å². The van der Waals surface area contributed by atoms with Gasteiger partial charge < -0.3 is 5.11 Å². The maximum atomic E-state index is 9.00. The number of aliphatic hydroxyl groups excluding tert-OH is 1. The summed E-state index contributed by atoms with van der Waals surface area (Å²) in [5.41, 5.74) is 0.681. The van der Waals surface area contributed by atoms with Gasteiger partial charge in [0.2, 0.25) is 0 Å². The largest absolute Gasteiger partial charge is 0.396 e. The third-order valence-corrected chi connectivity index (χ3v) is 7.34. The summed E-state index contributed by atoms with van der Waals surface area (Å²) < 4.78 is 0. The lowest BCUT2D eigenvalue weighted by Crippen LogP contribution is -2.36. The van der Waals surface area contributed by atoms with Crippen molar-refractivity contribution in [1.29, 1.82) is 0 Å². The van der Waals surface area contributed by atoms with Crippen LogP contribution in [-0.2, 0) is 0 Å². The molecular weight excluding hydrogens is 292 g/mol. The Bertz CT molecular complexity index is 326. The number of fused-ring (bicyclic) bond motifs is 1. The van der Waals surface area contributed by atoms with Crippen LogP contribution in [0.3, 0.4) is 0 Å². The first-order valence-corrected chi connectivity index (χ1v) is 11.3. The van der Waals surface area contributed by atoms with Crippen molar-refractivity contribution in [3.8, 4) is 0 Å². The predicted molar refractivity (Wildman–Crippen MR) is 105 cm³/mol. The number of rotatable bonds is 7. The van der Waals surface area contributed by atoms with Gasteiger partial charge in [0.25, 0.3) is 0 Å². The highest BCUT2D eigenvalue weighted by molar-refractivity contribution is 4.91. The number of hydrogen-bond acceptors (Lipinski definition) is 1. The van der Waals surface area contributed by atoms with Crippen LogP contribution < -0.4 is 0 Å². The van der Waals surface area contributed by atoms with Crippen LogP contribution in [0.15, 0.2) is 0 Å². The first-order chi connectivity index (χ1) is 11.7. The van der Waals surface area contributed by atoms with E-state index >= 15 is 0 Å². The minimum Gasteiger partial charge on any atom is -0.396 e. The standard InChI is InChI=1S/C23H44O/c1-20(11-8-10-18-24)15-17-23-16-9-7-14-22(23)13-6-4-3-5-12-21(2)19-23/h20-22,24H,3-19H2,1-2H3. The predicted octanol–water partition coefficient (Wildman–Crippen LogP) is 7.12. The van der Waals surface area contributed by atoms with Crippen molar-refractivity contribution < 1.29 is 5.11 Å². The van der Waals surface area contributed by atoms with Crippen molar-refractivity contribution >= 4 is 0 Å². The second-order valence-electron chi connectivity index (χ2n) is 9.47. The van der Waals surface area contributed by atoms with E-state index < -0.39 is 0 Å². The lowest BCUT2D eigenvalue weighted by molar-refractivity contribution is 0.0362. The highest BCUT2D eigenvalue weighted by Crippen LogP contribution is 2.52. The summed E-state index contributed by atoms with van der Waals surface area (Å²) in [5, 5.41) is 9.00. The summed E-state index contributed by atoms with van der Waals surface area (Å²) in [5.74, 6) is 2.81. The molecule has 2 fully saturated rings. The third kappa shape index (κ3) is 6.36. The molecule has 1 heteroatoms. The molecule has 0 aliphatic heterocycles. The lowest BCUT2D eigenvalue weighted by atomic mass is 9.58. The molecule has 0 aromatic heterocycles. The zero-order valence-electron chi connectivity index (χ0n) is 16.7. The van der Waals surface area contributed by atoms with Crippen molar-refractivity contribution in [3.63, 3.8) is 0 Å². The van der Waals surface area contributed by atoms with Gasteiger partial charge in [-0.2, -0.15) is 0 Å². The van der Waals surface area contributed by atoms with E-state index in [1.165, 1.54) is 96.3 Å². The molecule has 0 bridgehead atoms. The first-order valence-electron chi connectivity index (χ1n) is 11.3. The maximum Gasteiger partial charge on any atom is 0.0431 e. The Labute approximate surface area is 152 Å². The molecule has 4 unspecified atom stereocenters. The molecule has 142 valence electrons. The number of hydrogen-bond donors (Lipinski definition) is 1. The van der Waals surface area contributed by atoms with Crippen LogP contribution in [0.25, 0.3) is 0 Å². The summed E-state index contributed by atoms with van der Waals surface area (Å²) in [6.07, 6.45) is 22.9. The van der Waals surface area contributed by atoms with E-state index in [9.17, 15) is 0 Å². The smallest absolute Gasteiger partial charge is 0.0431 e. The highest BCUT2D eigenvalue weighted by Gasteiger charge is 2.40. The summed E-state index contributed by atoms with van der Waals surface area (Å²) in [7, 11) is 0. The molecule has 0 aromatic rings. The third-order valence-electron chi connectivity index (χ3n) is 7.34. The van der Waals surface area contributed by atoms with Crippen LogP contribution >= 0.6 is 0 Å². The molecule has 0 amide bonds. The van der Waals surface area contributed by atoms with E-state index in [0.29, 0.717) is 12.0 Å². The molecule has 2 aliphatic rings. The normalized spacial score (nSPS) is 33.6. The highest BCUT2D eigenvalue weighted by atomic mass is 16.2. The number of unbranched alkanes of at least 4 members (excludes halogenated alkanes) is 1. The molecule has 24 heavy (non-hydrogen) atoms. The van der Waals surface area contributed by atoms with E-state index in [1.54, 1.807) is 0 Å².